The van der Waals surface area contributed by atoms with Crippen LogP contribution in [0.4, 0.5) is 11.4 Å². The number of pyridine rings is 1. The van der Waals surface area contributed by atoms with Crippen LogP contribution in [-0.2, 0) is 9.59 Å². The first kappa shape index (κ1) is 18.9. The molecule has 2 amide bonds. The summed E-state index contributed by atoms with van der Waals surface area (Å²) in [5.41, 5.74) is 3.02. The van der Waals surface area contributed by atoms with E-state index in [0.717, 1.165) is 16.5 Å². The van der Waals surface area contributed by atoms with Gasteiger partial charge in [-0.3, -0.25) is 14.6 Å². The molecule has 0 saturated heterocycles. The number of amides is 2. The van der Waals surface area contributed by atoms with Crippen molar-refractivity contribution in [2.24, 2.45) is 0 Å². The first-order valence-electron chi connectivity index (χ1n) is 8.63. The largest absolute Gasteiger partial charge is 0.326 e. The summed E-state index contributed by atoms with van der Waals surface area (Å²) >= 11 is 6.09. The second-order valence-electron chi connectivity index (χ2n) is 6.29. The Bertz CT molecular complexity index is 998. The van der Waals surface area contributed by atoms with Crippen molar-refractivity contribution in [2.75, 3.05) is 16.8 Å². The summed E-state index contributed by atoms with van der Waals surface area (Å²) in [5.74, 6) is -0.325. The molecule has 0 atom stereocenters. The molecule has 0 radical (unpaired) electrons. The molecular weight excluding hydrogens is 362 g/mol. The molecule has 5 nitrogen and oxygen atoms in total. The van der Waals surface area contributed by atoms with E-state index in [2.05, 4.69) is 10.3 Å². The summed E-state index contributed by atoms with van der Waals surface area (Å²) in [6, 6.07) is 14.8. The Morgan fingerprint density at radius 1 is 1.15 bits per heavy atom. The Kier molecular flexibility index (Phi) is 5.72. The third-order valence-electron chi connectivity index (χ3n) is 4.30. The van der Waals surface area contributed by atoms with Crippen LogP contribution in [0.3, 0.4) is 0 Å². The van der Waals surface area contributed by atoms with Crippen molar-refractivity contribution in [3.63, 3.8) is 0 Å². The number of aromatic nitrogens is 1. The number of anilines is 2. The zero-order valence-corrected chi connectivity index (χ0v) is 16.0. The van der Waals surface area contributed by atoms with Gasteiger partial charge in [0.2, 0.25) is 11.8 Å². The first-order valence-corrected chi connectivity index (χ1v) is 9.01. The van der Waals surface area contributed by atoms with Crippen molar-refractivity contribution in [2.45, 2.75) is 20.3 Å². The summed E-state index contributed by atoms with van der Waals surface area (Å²) < 4.78 is 0. The van der Waals surface area contributed by atoms with Gasteiger partial charge in [0.25, 0.3) is 0 Å². The maximum Gasteiger partial charge on any atom is 0.226 e. The second-order valence-corrected chi connectivity index (χ2v) is 6.69. The number of nitrogens with zero attached hydrogens (tertiary/aromatic N) is 2. The molecule has 0 aliphatic carbocycles. The Morgan fingerprint density at radius 3 is 2.67 bits per heavy atom. The van der Waals surface area contributed by atoms with Crippen LogP contribution in [0.25, 0.3) is 10.9 Å². The topological polar surface area (TPSA) is 62.3 Å². The first-order chi connectivity index (χ1) is 13.0. The Hall–Kier alpha value is -2.92. The zero-order chi connectivity index (χ0) is 19.4. The van der Waals surface area contributed by atoms with Crippen molar-refractivity contribution in [1.29, 1.82) is 0 Å². The fourth-order valence-electron chi connectivity index (χ4n) is 2.86. The van der Waals surface area contributed by atoms with Gasteiger partial charge in [0.1, 0.15) is 0 Å². The summed E-state index contributed by atoms with van der Waals surface area (Å²) in [6.45, 7) is 3.65. The predicted molar refractivity (Wildman–Crippen MR) is 109 cm³/mol. The van der Waals surface area contributed by atoms with Crippen molar-refractivity contribution in [3.05, 3.63) is 65.3 Å². The van der Waals surface area contributed by atoms with Crippen molar-refractivity contribution >= 4 is 45.7 Å². The second kappa shape index (κ2) is 8.18. The highest BCUT2D eigenvalue weighted by Crippen LogP contribution is 2.25. The minimum absolute atomic E-state index is 0.140. The van der Waals surface area contributed by atoms with Gasteiger partial charge >= 0.3 is 0 Å². The average molecular weight is 382 g/mol. The van der Waals surface area contributed by atoms with E-state index < -0.39 is 0 Å². The molecule has 0 bridgehead atoms. The lowest BCUT2D eigenvalue weighted by molar-refractivity contribution is -0.117. The zero-order valence-electron chi connectivity index (χ0n) is 15.2. The highest BCUT2D eigenvalue weighted by atomic mass is 35.5. The van der Waals surface area contributed by atoms with E-state index in [0.29, 0.717) is 16.4 Å². The summed E-state index contributed by atoms with van der Waals surface area (Å²) in [7, 11) is 0. The molecule has 0 aliphatic heterocycles. The SMILES string of the molecule is CC(=O)N(CCC(=O)Nc1ccc(C)c(Cl)c1)c1cccc2cccnc12. The molecule has 0 spiro atoms. The van der Waals surface area contributed by atoms with Crippen LogP contribution in [0.1, 0.15) is 18.9 Å². The van der Waals surface area contributed by atoms with Gasteiger partial charge in [-0.25, -0.2) is 0 Å². The fourth-order valence-corrected chi connectivity index (χ4v) is 3.04. The molecule has 3 rings (SSSR count). The maximum atomic E-state index is 12.3. The average Bonchev–Trinajstić information content (AvgIpc) is 2.65. The minimum atomic E-state index is -0.186. The highest BCUT2D eigenvalue weighted by Gasteiger charge is 2.16. The van der Waals surface area contributed by atoms with Gasteiger partial charge in [-0.05, 0) is 36.8 Å². The number of hydrogen-bond donors (Lipinski definition) is 1. The molecule has 1 N–H and O–H groups in total. The highest BCUT2D eigenvalue weighted by molar-refractivity contribution is 6.31. The van der Waals surface area contributed by atoms with Crippen LogP contribution < -0.4 is 10.2 Å². The van der Waals surface area contributed by atoms with Gasteiger partial charge in [-0.2, -0.15) is 0 Å². The number of aryl methyl sites for hydroxylation is 1. The molecule has 6 heteroatoms. The minimum Gasteiger partial charge on any atom is -0.326 e. The number of carbonyl (C=O) groups excluding carboxylic acids is 2. The molecule has 138 valence electrons. The molecule has 27 heavy (non-hydrogen) atoms. The lowest BCUT2D eigenvalue weighted by atomic mass is 10.1. The summed E-state index contributed by atoms with van der Waals surface area (Å²) in [4.78, 5) is 30.5. The lowest BCUT2D eigenvalue weighted by Crippen LogP contribution is -2.32. The van der Waals surface area contributed by atoms with Gasteiger partial charge < -0.3 is 10.2 Å². The molecule has 2 aromatic carbocycles. The van der Waals surface area contributed by atoms with Crippen LogP contribution in [-0.4, -0.2) is 23.3 Å². The molecule has 0 unspecified atom stereocenters. The molecular formula is C21H20ClN3O2. The maximum absolute atomic E-state index is 12.3. The number of para-hydroxylation sites is 1. The number of carbonyl (C=O) groups is 2. The molecule has 0 fully saturated rings. The Labute approximate surface area is 163 Å². The smallest absolute Gasteiger partial charge is 0.226 e. The van der Waals surface area contributed by atoms with E-state index in [1.165, 1.54) is 6.92 Å². The Morgan fingerprint density at radius 2 is 1.93 bits per heavy atom. The van der Waals surface area contributed by atoms with Gasteiger partial charge in [-0.1, -0.05) is 35.9 Å². The van der Waals surface area contributed by atoms with E-state index in [4.69, 9.17) is 11.6 Å². The van der Waals surface area contributed by atoms with Crippen LogP contribution in [0.2, 0.25) is 5.02 Å². The third-order valence-corrected chi connectivity index (χ3v) is 4.71. The predicted octanol–water partition coefficient (Wildman–Crippen LogP) is 4.58. The van der Waals surface area contributed by atoms with Gasteiger partial charge in [0.15, 0.2) is 0 Å². The molecule has 3 aromatic rings. The quantitative estimate of drug-likeness (QED) is 0.703. The van der Waals surface area contributed by atoms with Crippen molar-refractivity contribution in [3.8, 4) is 0 Å². The molecule has 1 heterocycles. The van der Waals surface area contributed by atoms with E-state index in [9.17, 15) is 9.59 Å². The summed E-state index contributed by atoms with van der Waals surface area (Å²) in [6.07, 6.45) is 1.85. The molecule has 0 aliphatic rings. The lowest BCUT2D eigenvalue weighted by Gasteiger charge is -2.22. The normalized spacial score (nSPS) is 10.6. The van der Waals surface area contributed by atoms with Crippen LogP contribution >= 0.6 is 11.6 Å². The standard InChI is InChI=1S/C21H20ClN3O2/c1-14-8-9-17(13-18(14)22)24-20(27)10-12-25(15(2)26)19-7-3-5-16-6-4-11-23-21(16)19/h3-9,11,13H,10,12H2,1-2H3,(H,24,27). The van der Waals surface area contributed by atoms with Crippen LogP contribution in [0.5, 0.6) is 0 Å². The number of hydrogen-bond acceptors (Lipinski definition) is 3. The fraction of sp³-hybridized carbons (Fsp3) is 0.190. The van der Waals surface area contributed by atoms with E-state index in [-0.39, 0.29) is 24.8 Å². The van der Waals surface area contributed by atoms with Crippen molar-refractivity contribution in [1.82, 2.24) is 4.98 Å². The van der Waals surface area contributed by atoms with Gasteiger partial charge in [0.05, 0.1) is 11.2 Å². The summed E-state index contributed by atoms with van der Waals surface area (Å²) in [5, 5.41) is 4.36. The Balaban J connectivity index is 1.74. The third kappa shape index (κ3) is 4.44. The number of fused-ring (bicyclic) bond motifs is 1. The molecule has 1 aromatic heterocycles. The molecule has 0 saturated carbocycles. The van der Waals surface area contributed by atoms with E-state index in [1.807, 2.05) is 43.3 Å². The number of benzene rings is 2. The number of halogens is 1. The number of rotatable bonds is 5. The van der Waals surface area contributed by atoms with Gasteiger partial charge in [-0.15, -0.1) is 0 Å². The van der Waals surface area contributed by atoms with Crippen molar-refractivity contribution < 1.29 is 9.59 Å². The monoisotopic (exact) mass is 381 g/mol. The van der Waals surface area contributed by atoms with E-state index in [1.54, 1.807) is 23.2 Å². The number of nitrogens with one attached hydrogen (secondary N) is 1. The van der Waals surface area contributed by atoms with E-state index >= 15 is 0 Å². The van der Waals surface area contributed by atoms with Gasteiger partial charge in [0, 0.05) is 42.2 Å². The van der Waals surface area contributed by atoms with Crippen LogP contribution in [0, 0.1) is 6.92 Å². The van der Waals surface area contributed by atoms with Crippen LogP contribution in [0.15, 0.2) is 54.7 Å².